The zero-order chi connectivity index (χ0) is 23.3. The van der Waals surface area contributed by atoms with E-state index in [1.807, 2.05) is 29.2 Å². The fourth-order valence-electron chi connectivity index (χ4n) is 4.00. The van der Waals surface area contributed by atoms with Crippen molar-refractivity contribution in [1.82, 2.24) is 9.80 Å². The Morgan fingerprint density at radius 1 is 1.03 bits per heavy atom. The summed E-state index contributed by atoms with van der Waals surface area (Å²) in [6.45, 7) is 3.22. The van der Waals surface area contributed by atoms with Gasteiger partial charge in [-0.2, -0.15) is 0 Å². The van der Waals surface area contributed by atoms with E-state index < -0.39 is 0 Å². The Bertz CT molecular complexity index is 945. The Morgan fingerprint density at radius 3 is 2.28 bits per heavy atom. The summed E-state index contributed by atoms with van der Waals surface area (Å²) >= 11 is 12.2. The summed E-state index contributed by atoms with van der Waals surface area (Å²) in [4.78, 5) is 17.0. The number of hydrogen-bond acceptors (Lipinski definition) is 5. The van der Waals surface area contributed by atoms with E-state index in [0.717, 1.165) is 55.6 Å². The van der Waals surface area contributed by atoms with E-state index in [1.165, 1.54) is 0 Å². The molecule has 174 valence electrons. The van der Waals surface area contributed by atoms with Crippen molar-refractivity contribution >= 4 is 34.8 Å². The number of benzene rings is 2. The monoisotopic (exact) mass is 479 g/mol. The molecule has 1 heterocycles. The Labute approximate surface area is 200 Å². The van der Waals surface area contributed by atoms with E-state index in [-0.39, 0.29) is 5.91 Å². The highest BCUT2D eigenvalue weighted by molar-refractivity contribution is 6.38. The number of rotatable bonds is 9. The lowest BCUT2D eigenvalue weighted by atomic mass is 10.0. The number of methoxy groups -OCH3 is 2. The van der Waals surface area contributed by atoms with Crippen LogP contribution in [0.5, 0.6) is 11.5 Å². The largest absolute Gasteiger partial charge is 0.493 e. The van der Waals surface area contributed by atoms with Gasteiger partial charge >= 0.3 is 0 Å². The molecule has 2 N–H and O–H groups in total. The van der Waals surface area contributed by atoms with Crippen molar-refractivity contribution in [2.75, 3.05) is 53.2 Å². The third kappa shape index (κ3) is 6.00. The lowest BCUT2D eigenvalue weighted by Gasteiger charge is -2.23. The maximum Gasteiger partial charge on any atom is 0.227 e. The Balaban J connectivity index is 1.49. The zero-order valence-electron chi connectivity index (χ0n) is 18.9. The van der Waals surface area contributed by atoms with Crippen LogP contribution in [0.3, 0.4) is 0 Å². The van der Waals surface area contributed by atoms with Gasteiger partial charge in [-0.3, -0.25) is 4.79 Å². The second-order valence-electron chi connectivity index (χ2n) is 8.16. The number of carbonyl (C=O) groups is 1. The summed E-state index contributed by atoms with van der Waals surface area (Å²) in [6.07, 6.45) is 2.95. The third-order valence-corrected chi connectivity index (χ3v) is 6.57. The molecule has 0 spiro atoms. The first-order chi connectivity index (χ1) is 15.3. The number of nitrogens with zero attached hydrogens (tertiary/aromatic N) is 2. The van der Waals surface area contributed by atoms with Gasteiger partial charge in [-0.1, -0.05) is 23.2 Å². The van der Waals surface area contributed by atoms with E-state index in [0.29, 0.717) is 40.2 Å². The molecule has 2 aromatic rings. The van der Waals surface area contributed by atoms with Crippen LogP contribution in [0.1, 0.15) is 23.1 Å². The Morgan fingerprint density at radius 2 is 1.66 bits per heavy atom. The van der Waals surface area contributed by atoms with E-state index in [1.54, 1.807) is 14.2 Å². The number of carbonyl (C=O) groups excluding carboxylic acids is 1. The minimum absolute atomic E-state index is 0.157. The summed E-state index contributed by atoms with van der Waals surface area (Å²) in [5.41, 5.74) is 9.46. The molecule has 2 aromatic carbocycles. The topological polar surface area (TPSA) is 68.0 Å². The number of amides is 1. The molecule has 0 aliphatic carbocycles. The van der Waals surface area contributed by atoms with Gasteiger partial charge in [0.25, 0.3) is 0 Å². The van der Waals surface area contributed by atoms with Crippen LogP contribution >= 0.6 is 23.2 Å². The van der Waals surface area contributed by atoms with Crippen LogP contribution < -0.4 is 15.2 Å². The molecule has 1 aliphatic rings. The van der Waals surface area contributed by atoms with E-state index >= 15 is 0 Å². The molecule has 32 heavy (non-hydrogen) atoms. The van der Waals surface area contributed by atoms with Crippen LogP contribution in [0.25, 0.3) is 0 Å². The normalized spacial score (nSPS) is 13.8. The number of ether oxygens (including phenoxy) is 2. The van der Waals surface area contributed by atoms with Gasteiger partial charge in [-0.25, -0.2) is 0 Å². The standard InChI is InChI=1S/C24H31Cl2N3O3/c1-28(9-5-16-11-19(25)24(27)20(26)12-16)7-4-8-29-10-6-17-13-21(31-2)22(32-3)14-18(17)15-23(29)30/h11-14H,4-10,15,27H2,1-3H3. The van der Waals surface area contributed by atoms with Crippen molar-refractivity contribution in [3.05, 3.63) is 51.0 Å². The van der Waals surface area contributed by atoms with Crippen molar-refractivity contribution in [3.63, 3.8) is 0 Å². The van der Waals surface area contributed by atoms with E-state index in [9.17, 15) is 4.79 Å². The van der Waals surface area contributed by atoms with Crippen LogP contribution in [-0.4, -0.2) is 63.2 Å². The predicted molar refractivity (Wildman–Crippen MR) is 130 cm³/mol. The molecular formula is C24H31Cl2N3O3. The van der Waals surface area contributed by atoms with Crippen molar-refractivity contribution in [3.8, 4) is 11.5 Å². The molecule has 0 aromatic heterocycles. The molecule has 3 rings (SSSR count). The van der Waals surface area contributed by atoms with E-state index in [2.05, 4.69) is 11.9 Å². The Kier molecular flexibility index (Phi) is 8.51. The van der Waals surface area contributed by atoms with Crippen molar-refractivity contribution in [1.29, 1.82) is 0 Å². The number of nitrogens with two attached hydrogens (primary N) is 1. The van der Waals surface area contributed by atoms with E-state index in [4.69, 9.17) is 38.4 Å². The first-order valence-corrected chi connectivity index (χ1v) is 11.5. The number of anilines is 1. The van der Waals surface area contributed by atoms with Gasteiger partial charge in [0.15, 0.2) is 11.5 Å². The number of fused-ring (bicyclic) bond motifs is 1. The molecule has 0 unspecified atom stereocenters. The highest BCUT2D eigenvalue weighted by Crippen LogP contribution is 2.32. The molecule has 0 fully saturated rings. The summed E-state index contributed by atoms with van der Waals surface area (Å²) in [7, 11) is 5.33. The van der Waals surface area contributed by atoms with Gasteiger partial charge < -0.3 is 25.0 Å². The molecule has 0 bridgehead atoms. The molecule has 0 radical (unpaired) electrons. The molecule has 1 amide bonds. The predicted octanol–water partition coefficient (Wildman–Crippen LogP) is 4.08. The minimum Gasteiger partial charge on any atom is -0.493 e. The van der Waals surface area contributed by atoms with Crippen LogP contribution in [-0.2, 0) is 24.1 Å². The van der Waals surface area contributed by atoms with Crippen molar-refractivity contribution in [2.24, 2.45) is 0 Å². The number of likely N-dealkylation sites (N-methyl/N-ethyl adjacent to an activating group) is 1. The average molecular weight is 480 g/mol. The first kappa shape index (κ1) is 24.5. The summed E-state index contributed by atoms with van der Waals surface area (Å²) < 4.78 is 10.8. The quantitative estimate of drug-likeness (QED) is 0.548. The lowest BCUT2D eigenvalue weighted by Crippen LogP contribution is -2.35. The van der Waals surface area contributed by atoms with Crippen LogP contribution in [0, 0.1) is 0 Å². The van der Waals surface area contributed by atoms with Gasteiger partial charge in [0.1, 0.15) is 0 Å². The molecule has 6 nitrogen and oxygen atoms in total. The van der Waals surface area contributed by atoms with Gasteiger partial charge in [-0.05, 0) is 73.8 Å². The molecule has 0 saturated carbocycles. The summed E-state index contributed by atoms with van der Waals surface area (Å²) in [5, 5.41) is 0.983. The van der Waals surface area contributed by atoms with Crippen LogP contribution in [0.15, 0.2) is 24.3 Å². The zero-order valence-corrected chi connectivity index (χ0v) is 20.4. The number of halogens is 2. The second-order valence-corrected chi connectivity index (χ2v) is 8.98. The second kappa shape index (κ2) is 11.1. The first-order valence-electron chi connectivity index (χ1n) is 10.8. The van der Waals surface area contributed by atoms with Crippen LogP contribution in [0.2, 0.25) is 10.0 Å². The number of nitrogen functional groups attached to an aromatic ring is 1. The van der Waals surface area contributed by atoms with Gasteiger partial charge in [0.2, 0.25) is 5.91 Å². The summed E-state index contributed by atoms with van der Waals surface area (Å²) in [6, 6.07) is 7.66. The van der Waals surface area contributed by atoms with Crippen molar-refractivity contribution < 1.29 is 14.3 Å². The Hall–Kier alpha value is -2.15. The molecule has 0 atom stereocenters. The lowest BCUT2D eigenvalue weighted by molar-refractivity contribution is -0.130. The van der Waals surface area contributed by atoms with Crippen LogP contribution in [0.4, 0.5) is 5.69 Å². The fourth-order valence-corrected chi connectivity index (χ4v) is 4.53. The highest BCUT2D eigenvalue weighted by Gasteiger charge is 2.22. The van der Waals surface area contributed by atoms with Gasteiger partial charge in [0, 0.05) is 19.6 Å². The smallest absolute Gasteiger partial charge is 0.227 e. The summed E-state index contributed by atoms with van der Waals surface area (Å²) in [5.74, 6) is 1.53. The molecule has 8 heteroatoms. The maximum atomic E-state index is 12.8. The van der Waals surface area contributed by atoms with Gasteiger partial charge in [0.05, 0.1) is 36.4 Å². The maximum absolute atomic E-state index is 12.8. The SMILES string of the molecule is COc1cc2c(cc1OC)CC(=O)N(CCCN(C)CCc1cc(Cl)c(N)c(Cl)c1)CC2. The molecular weight excluding hydrogens is 449 g/mol. The molecule has 1 aliphatic heterocycles. The molecule has 0 saturated heterocycles. The fraction of sp³-hybridized carbons (Fsp3) is 0.458. The minimum atomic E-state index is 0.157. The number of hydrogen-bond donors (Lipinski definition) is 1. The van der Waals surface area contributed by atoms with Crippen molar-refractivity contribution in [2.45, 2.75) is 25.7 Å². The highest BCUT2D eigenvalue weighted by atomic mass is 35.5. The third-order valence-electron chi connectivity index (χ3n) is 5.94. The van der Waals surface area contributed by atoms with Gasteiger partial charge in [-0.15, -0.1) is 0 Å². The average Bonchev–Trinajstić information content (AvgIpc) is 2.92.